The zero-order chi connectivity index (χ0) is 18.6. The lowest BCUT2D eigenvalue weighted by Crippen LogP contribution is -2.36. The molecule has 0 saturated heterocycles. The van der Waals surface area contributed by atoms with Gasteiger partial charge in [0.25, 0.3) is 0 Å². The van der Waals surface area contributed by atoms with Crippen molar-refractivity contribution in [2.45, 2.75) is 12.6 Å². The van der Waals surface area contributed by atoms with Gasteiger partial charge in [-0.15, -0.1) is 0 Å². The highest BCUT2D eigenvalue weighted by Crippen LogP contribution is 2.33. The van der Waals surface area contributed by atoms with Gasteiger partial charge in [-0.2, -0.15) is 4.99 Å². The summed E-state index contributed by atoms with van der Waals surface area (Å²) in [4.78, 5) is 18.5. The number of anilines is 1. The van der Waals surface area contributed by atoms with Crippen LogP contribution in [0.25, 0.3) is 0 Å². The highest BCUT2D eigenvalue weighted by molar-refractivity contribution is 6.13. The van der Waals surface area contributed by atoms with Gasteiger partial charge in [0.1, 0.15) is 17.7 Å². The summed E-state index contributed by atoms with van der Waals surface area (Å²) < 4.78 is 13.3. The minimum atomic E-state index is -0.382. The minimum Gasteiger partial charge on any atom is -0.367 e. The second-order valence-corrected chi connectivity index (χ2v) is 6.28. The number of hydrogen-bond donors (Lipinski definition) is 1. The fourth-order valence-electron chi connectivity index (χ4n) is 3.18. The molecule has 0 saturated carbocycles. The number of nitrogens with zero attached hydrogens (tertiary/aromatic N) is 2. The highest BCUT2D eigenvalue weighted by atomic mass is 19.1. The molecule has 5 heteroatoms. The molecule has 1 heterocycles. The number of nitrogens with one attached hydrogen (secondary N) is 1. The first-order valence-corrected chi connectivity index (χ1v) is 8.72. The number of hydrogen-bond acceptors (Lipinski definition) is 2. The Kier molecular flexibility index (Phi) is 4.66. The van der Waals surface area contributed by atoms with Gasteiger partial charge in [0.15, 0.2) is 0 Å². The van der Waals surface area contributed by atoms with Gasteiger partial charge < -0.3 is 5.32 Å². The van der Waals surface area contributed by atoms with E-state index in [0.717, 1.165) is 11.1 Å². The van der Waals surface area contributed by atoms with Gasteiger partial charge in [-0.05, 0) is 35.4 Å². The summed E-state index contributed by atoms with van der Waals surface area (Å²) >= 11 is 0. The Bertz CT molecular complexity index is 956. The molecule has 1 unspecified atom stereocenters. The SMILES string of the molecule is O=C1N=C(NCc2ccccc2)C(c2ccccc2)N1c1ccc(F)cc1. The van der Waals surface area contributed by atoms with Crippen LogP contribution in [-0.4, -0.2) is 11.9 Å². The molecule has 134 valence electrons. The maximum atomic E-state index is 13.3. The molecule has 0 spiro atoms. The van der Waals surface area contributed by atoms with Crippen LogP contribution in [0.4, 0.5) is 14.9 Å². The van der Waals surface area contributed by atoms with Gasteiger partial charge in [-0.1, -0.05) is 60.7 Å². The summed E-state index contributed by atoms with van der Waals surface area (Å²) in [7, 11) is 0. The number of aliphatic imine (C=N–C) groups is 1. The summed E-state index contributed by atoms with van der Waals surface area (Å²) in [5, 5.41) is 3.30. The maximum absolute atomic E-state index is 13.3. The lowest BCUT2D eigenvalue weighted by atomic mass is 10.0. The third-order valence-electron chi connectivity index (χ3n) is 4.48. The van der Waals surface area contributed by atoms with Gasteiger partial charge in [-0.25, -0.2) is 9.18 Å². The molecule has 4 rings (SSSR count). The number of amidine groups is 1. The molecule has 0 fully saturated rings. The molecule has 0 aromatic heterocycles. The van der Waals surface area contributed by atoms with Crippen molar-refractivity contribution in [2.24, 2.45) is 4.99 Å². The quantitative estimate of drug-likeness (QED) is 0.734. The van der Waals surface area contributed by atoms with E-state index in [4.69, 9.17) is 0 Å². The van der Waals surface area contributed by atoms with Crippen molar-refractivity contribution in [1.82, 2.24) is 5.32 Å². The van der Waals surface area contributed by atoms with E-state index in [9.17, 15) is 9.18 Å². The second kappa shape index (κ2) is 7.41. The van der Waals surface area contributed by atoms with Crippen molar-refractivity contribution in [3.63, 3.8) is 0 Å². The molecule has 0 radical (unpaired) electrons. The third-order valence-corrected chi connectivity index (χ3v) is 4.48. The van der Waals surface area contributed by atoms with E-state index in [1.54, 1.807) is 17.0 Å². The monoisotopic (exact) mass is 359 g/mol. The molecular formula is C22H18FN3O. The van der Waals surface area contributed by atoms with E-state index in [1.165, 1.54) is 12.1 Å². The molecular weight excluding hydrogens is 341 g/mol. The predicted molar refractivity (Wildman–Crippen MR) is 104 cm³/mol. The van der Waals surface area contributed by atoms with Crippen LogP contribution in [0.15, 0.2) is 89.9 Å². The summed E-state index contributed by atoms with van der Waals surface area (Å²) in [6.45, 7) is 0.563. The first-order chi connectivity index (χ1) is 13.2. The van der Waals surface area contributed by atoms with E-state index in [-0.39, 0.29) is 17.9 Å². The minimum absolute atomic E-state index is 0.343. The fourth-order valence-corrected chi connectivity index (χ4v) is 3.18. The molecule has 0 aliphatic carbocycles. The lowest BCUT2D eigenvalue weighted by Gasteiger charge is -2.26. The smallest absolute Gasteiger partial charge is 0.350 e. The van der Waals surface area contributed by atoms with Crippen LogP contribution in [0.2, 0.25) is 0 Å². The molecule has 1 N–H and O–H groups in total. The van der Waals surface area contributed by atoms with Crippen molar-refractivity contribution in [3.05, 3.63) is 102 Å². The average Bonchev–Trinajstić information content (AvgIpc) is 3.04. The summed E-state index contributed by atoms with van der Waals surface area (Å²) in [6, 6.07) is 24.8. The van der Waals surface area contributed by atoms with Crippen LogP contribution in [0.3, 0.4) is 0 Å². The van der Waals surface area contributed by atoms with Gasteiger partial charge in [0.2, 0.25) is 0 Å². The molecule has 0 bridgehead atoms. The van der Waals surface area contributed by atoms with Gasteiger partial charge in [0.05, 0.1) is 0 Å². The molecule has 1 atom stereocenters. The Morgan fingerprint density at radius 2 is 1.52 bits per heavy atom. The third kappa shape index (κ3) is 3.58. The van der Waals surface area contributed by atoms with Gasteiger partial charge >= 0.3 is 6.03 Å². The van der Waals surface area contributed by atoms with Gasteiger partial charge in [0, 0.05) is 12.2 Å². The first kappa shape index (κ1) is 17.0. The van der Waals surface area contributed by atoms with E-state index in [2.05, 4.69) is 10.3 Å². The molecule has 3 aromatic rings. The molecule has 3 aromatic carbocycles. The number of urea groups is 1. The Hall–Kier alpha value is -3.47. The molecule has 2 amide bonds. The summed E-state index contributed by atoms with van der Waals surface area (Å²) in [5.41, 5.74) is 2.64. The maximum Gasteiger partial charge on any atom is 0.350 e. The van der Waals surface area contributed by atoms with Crippen molar-refractivity contribution in [3.8, 4) is 0 Å². The van der Waals surface area contributed by atoms with Gasteiger partial charge in [-0.3, -0.25) is 4.90 Å². The topological polar surface area (TPSA) is 44.7 Å². The van der Waals surface area contributed by atoms with Crippen molar-refractivity contribution in [1.29, 1.82) is 0 Å². The Labute approximate surface area is 157 Å². The predicted octanol–water partition coefficient (Wildman–Crippen LogP) is 4.70. The van der Waals surface area contributed by atoms with E-state index in [0.29, 0.717) is 18.1 Å². The molecule has 4 nitrogen and oxygen atoms in total. The normalized spacial score (nSPS) is 16.3. The standard InChI is InChI=1S/C22H18FN3O/c23-18-11-13-19(14-12-18)26-20(17-9-5-2-6-10-17)21(25-22(26)27)24-15-16-7-3-1-4-8-16/h1-14,20H,15H2,(H,24,25,27). The largest absolute Gasteiger partial charge is 0.367 e. The van der Waals surface area contributed by atoms with E-state index in [1.807, 2.05) is 60.7 Å². The number of halogens is 1. The second-order valence-electron chi connectivity index (χ2n) is 6.28. The Balaban J connectivity index is 1.66. The lowest BCUT2D eigenvalue weighted by molar-refractivity contribution is 0.255. The number of carbonyl (C=O) groups excluding carboxylic acids is 1. The summed E-state index contributed by atoms with van der Waals surface area (Å²) in [6.07, 6.45) is 0. The number of carbonyl (C=O) groups is 1. The number of amides is 2. The van der Waals surface area contributed by atoms with E-state index < -0.39 is 0 Å². The zero-order valence-corrected chi connectivity index (χ0v) is 14.5. The molecule has 1 aliphatic heterocycles. The molecule has 1 aliphatic rings. The number of benzene rings is 3. The van der Waals surface area contributed by atoms with Crippen LogP contribution in [0.1, 0.15) is 17.2 Å². The van der Waals surface area contributed by atoms with Crippen LogP contribution >= 0.6 is 0 Å². The summed E-state index contributed by atoms with van der Waals surface area (Å²) in [5.74, 6) is 0.240. The van der Waals surface area contributed by atoms with Crippen molar-refractivity contribution >= 4 is 17.6 Å². The van der Waals surface area contributed by atoms with Crippen LogP contribution in [0.5, 0.6) is 0 Å². The Morgan fingerprint density at radius 1 is 0.889 bits per heavy atom. The highest BCUT2D eigenvalue weighted by Gasteiger charge is 2.37. The van der Waals surface area contributed by atoms with Crippen LogP contribution < -0.4 is 10.2 Å². The van der Waals surface area contributed by atoms with Crippen molar-refractivity contribution in [2.75, 3.05) is 4.90 Å². The zero-order valence-electron chi connectivity index (χ0n) is 14.5. The number of rotatable bonds is 4. The fraction of sp³-hybridized carbons (Fsp3) is 0.0909. The van der Waals surface area contributed by atoms with Crippen molar-refractivity contribution < 1.29 is 9.18 Å². The Morgan fingerprint density at radius 3 is 2.19 bits per heavy atom. The first-order valence-electron chi connectivity index (χ1n) is 8.72. The average molecular weight is 359 g/mol. The molecule has 27 heavy (non-hydrogen) atoms. The van der Waals surface area contributed by atoms with Crippen LogP contribution in [0, 0.1) is 5.82 Å². The van der Waals surface area contributed by atoms with E-state index >= 15 is 0 Å². The van der Waals surface area contributed by atoms with Crippen LogP contribution in [-0.2, 0) is 6.54 Å².